The first kappa shape index (κ1) is 18.9. The van der Waals surface area contributed by atoms with Crippen molar-refractivity contribution < 1.29 is 14.4 Å². The molecule has 0 rings (SSSR count). The molecule has 0 saturated heterocycles. The first-order valence-electron chi connectivity index (χ1n) is 6.55. The molecule has 0 heterocycles. The number of nitrogens with two attached hydrogens (primary N) is 2. The highest BCUT2D eigenvalue weighted by Crippen LogP contribution is 1.98. The molecule has 0 aromatic heterocycles. The van der Waals surface area contributed by atoms with Gasteiger partial charge >= 0.3 is 0 Å². The molecule has 0 unspecified atom stereocenters. The minimum absolute atomic E-state index is 0.0303. The van der Waals surface area contributed by atoms with E-state index in [2.05, 4.69) is 23.3 Å². The Labute approximate surface area is 124 Å². The van der Waals surface area contributed by atoms with E-state index in [-0.39, 0.29) is 24.0 Å². The summed E-state index contributed by atoms with van der Waals surface area (Å²) in [5.41, 5.74) is 11.0. The van der Waals surface area contributed by atoms with Gasteiger partial charge in [0.15, 0.2) is 0 Å². The third kappa shape index (κ3) is 8.89. The monoisotopic (exact) mass is 304 g/mol. The first-order valence-corrected chi connectivity index (χ1v) is 7.18. The Morgan fingerprint density at radius 2 is 1.75 bits per heavy atom. The van der Waals surface area contributed by atoms with E-state index in [4.69, 9.17) is 11.5 Å². The fourth-order valence-corrected chi connectivity index (χ4v) is 1.53. The summed E-state index contributed by atoms with van der Waals surface area (Å²) in [6.07, 6.45) is 2.10. The van der Waals surface area contributed by atoms with Crippen LogP contribution in [0.4, 0.5) is 0 Å². The van der Waals surface area contributed by atoms with E-state index < -0.39 is 18.0 Å². The zero-order valence-corrected chi connectivity index (χ0v) is 12.6. The molecule has 0 radical (unpaired) electrons. The van der Waals surface area contributed by atoms with Gasteiger partial charge in [-0.2, -0.15) is 12.6 Å². The van der Waals surface area contributed by atoms with Gasteiger partial charge < -0.3 is 22.1 Å². The smallest absolute Gasteiger partial charge is 0.239 e. The van der Waals surface area contributed by atoms with E-state index in [1.807, 2.05) is 0 Å². The van der Waals surface area contributed by atoms with Crippen molar-refractivity contribution in [3.8, 4) is 0 Å². The molecule has 0 aliphatic carbocycles. The molecule has 116 valence electrons. The quantitative estimate of drug-likeness (QED) is 0.249. The topological polar surface area (TPSA) is 127 Å². The molecule has 0 saturated carbocycles. The maximum absolute atomic E-state index is 11.4. The summed E-state index contributed by atoms with van der Waals surface area (Å²) in [7, 11) is 0. The van der Waals surface area contributed by atoms with Gasteiger partial charge in [0.25, 0.3) is 0 Å². The average Bonchev–Trinajstić information content (AvgIpc) is 2.42. The van der Waals surface area contributed by atoms with Crippen LogP contribution in [-0.2, 0) is 14.4 Å². The fraction of sp³-hybridized carbons (Fsp3) is 0.750. The van der Waals surface area contributed by atoms with Gasteiger partial charge in [0, 0.05) is 12.3 Å². The molecule has 20 heavy (non-hydrogen) atoms. The summed E-state index contributed by atoms with van der Waals surface area (Å²) >= 11 is 3.89. The number of nitrogens with one attached hydrogen (secondary N) is 2. The SMILES string of the molecule is CC(=O)[C@@H](N)CCCCNC(=O)CNC(=O)[C@@H](N)CS. The molecule has 0 aliphatic rings. The standard InChI is InChI=1S/C12H24N4O3S/c1-8(17)9(13)4-2-3-5-15-11(18)6-16-12(19)10(14)7-20/h9-10,20H,2-7,13-14H2,1H3,(H,15,18)(H,16,19)/t9-,10-/m0/s1. The van der Waals surface area contributed by atoms with Crippen molar-refractivity contribution >= 4 is 30.2 Å². The van der Waals surface area contributed by atoms with Crippen molar-refractivity contribution in [3.63, 3.8) is 0 Å². The second-order valence-corrected chi connectivity index (χ2v) is 4.93. The van der Waals surface area contributed by atoms with Crippen LogP contribution in [0.3, 0.4) is 0 Å². The summed E-state index contributed by atoms with van der Waals surface area (Å²) in [6.45, 7) is 1.84. The molecule has 0 spiro atoms. The number of hydrogen-bond donors (Lipinski definition) is 5. The normalized spacial score (nSPS) is 13.4. The summed E-state index contributed by atoms with van der Waals surface area (Å²) in [5, 5.41) is 5.08. The molecular formula is C12H24N4O3S. The van der Waals surface area contributed by atoms with E-state index >= 15 is 0 Å². The average molecular weight is 304 g/mol. The van der Waals surface area contributed by atoms with Gasteiger partial charge in [0.1, 0.15) is 5.78 Å². The lowest BCUT2D eigenvalue weighted by atomic mass is 10.1. The van der Waals surface area contributed by atoms with Crippen molar-refractivity contribution in [2.75, 3.05) is 18.8 Å². The zero-order chi connectivity index (χ0) is 15.5. The Hall–Kier alpha value is -1.12. The Morgan fingerprint density at radius 3 is 2.30 bits per heavy atom. The molecule has 6 N–H and O–H groups in total. The van der Waals surface area contributed by atoms with E-state index in [1.54, 1.807) is 0 Å². The zero-order valence-electron chi connectivity index (χ0n) is 11.7. The molecule has 7 nitrogen and oxygen atoms in total. The van der Waals surface area contributed by atoms with Crippen molar-refractivity contribution in [2.24, 2.45) is 11.5 Å². The van der Waals surface area contributed by atoms with Gasteiger partial charge in [-0.15, -0.1) is 0 Å². The number of rotatable bonds is 10. The van der Waals surface area contributed by atoms with Gasteiger partial charge in [-0.25, -0.2) is 0 Å². The number of Topliss-reactive ketones (excluding diaryl/α,β-unsaturated/α-hetero) is 1. The van der Waals surface area contributed by atoms with Crippen LogP contribution in [0.25, 0.3) is 0 Å². The number of hydrogen-bond acceptors (Lipinski definition) is 6. The lowest BCUT2D eigenvalue weighted by Crippen LogP contribution is -2.45. The van der Waals surface area contributed by atoms with Gasteiger partial charge in [0.05, 0.1) is 18.6 Å². The maximum atomic E-state index is 11.4. The first-order chi connectivity index (χ1) is 9.38. The lowest BCUT2D eigenvalue weighted by molar-refractivity contribution is -0.126. The largest absolute Gasteiger partial charge is 0.355 e. The Morgan fingerprint density at radius 1 is 1.10 bits per heavy atom. The summed E-state index contributed by atoms with van der Waals surface area (Å²) in [4.78, 5) is 33.6. The van der Waals surface area contributed by atoms with E-state index in [9.17, 15) is 14.4 Å². The summed E-state index contributed by atoms with van der Waals surface area (Å²) in [5.74, 6) is -0.482. The lowest BCUT2D eigenvalue weighted by Gasteiger charge is -2.10. The van der Waals surface area contributed by atoms with Crippen molar-refractivity contribution in [1.29, 1.82) is 0 Å². The van der Waals surface area contributed by atoms with Crippen molar-refractivity contribution in [1.82, 2.24) is 10.6 Å². The van der Waals surface area contributed by atoms with Crippen LogP contribution in [0.15, 0.2) is 0 Å². The highest BCUT2D eigenvalue weighted by atomic mass is 32.1. The highest BCUT2D eigenvalue weighted by Gasteiger charge is 2.12. The Kier molecular flexibility index (Phi) is 10.0. The number of unbranched alkanes of at least 4 members (excludes halogenated alkanes) is 1. The highest BCUT2D eigenvalue weighted by molar-refractivity contribution is 7.80. The van der Waals surface area contributed by atoms with Crippen LogP contribution in [-0.4, -0.2) is 48.5 Å². The van der Waals surface area contributed by atoms with Gasteiger partial charge in [0.2, 0.25) is 11.8 Å². The van der Waals surface area contributed by atoms with Gasteiger partial charge in [-0.05, 0) is 26.2 Å². The number of thiol groups is 1. The van der Waals surface area contributed by atoms with Crippen LogP contribution < -0.4 is 22.1 Å². The van der Waals surface area contributed by atoms with Crippen LogP contribution in [0.1, 0.15) is 26.2 Å². The second-order valence-electron chi connectivity index (χ2n) is 4.57. The Bertz CT molecular complexity index is 339. The molecule has 0 fully saturated rings. The van der Waals surface area contributed by atoms with Crippen LogP contribution in [0.5, 0.6) is 0 Å². The fourth-order valence-electron chi connectivity index (χ4n) is 1.36. The molecule has 0 bridgehead atoms. The van der Waals surface area contributed by atoms with Crippen LogP contribution >= 0.6 is 12.6 Å². The molecule has 2 atom stereocenters. The van der Waals surface area contributed by atoms with Crippen molar-refractivity contribution in [2.45, 2.75) is 38.3 Å². The summed E-state index contributed by atoms with van der Waals surface area (Å²) in [6, 6.07) is -1.13. The number of amides is 2. The van der Waals surface area contributed by atoms with E-state index in [1.165, 1.54) is 6.92 Å². The third-order valence-corrected chi connectivity index (χ3v) is 3.14. The maximum Gasteiger partial charge on any atom is 0.239 e. The molecule has 0 aliphatic heterocycles. The predicted molar refractivity (Wildman–Crippen MR) is 80.4 cm³/mol. The molecular weight excluding hydrogens is 280 g/mol. The second kappa shape index (κ2) is 10.6. The van der Waals surface area contributed by atoms with E-state index in [0.717, 1.165) is 12.8 Å². The minimum Gasteiger partial charge on any atom is -0.355 e. The molecule has 0 aromatic rings. The Balaban J connectivity index is 3.60. The molecule has 8 heteroatoms. The predicted octanol–water partition coefficient (Wildman–Crippen LogP) is -1.44. The van der Waals surface area contributed by atoms with Crippen LogP contribution in [0.2, 0.25) is 0 Å². The van der Waals surface area contributed by atoms with Gasteiger partial charge in [-0.1, -0.05) is 0 Å². The number of carbonyl (C=O) groups is 3. The van der Waals surface area contributed by atoms with Crippen molar-refractivity contribution in [3.05, 3.63) is 0 Å². The minimum atomic E-state index is -0.709. The molecule has 2 amide bonds. The summed E-state index contributed by atoms with van der Waals surface area (Å²) < 4.78 is 0. The number of carbonyl (C=O) groups excluding carboxylic acids is 3. The number of ketones is 1. The third-order valence-electron chi connectivity index (χ3n) is 2.74. The molecule has 0 aromatic carbocycles. The van der Waals surface area contributed by atoms with E-state index in [0.29, 0.717) is 13.0 Å². The van der Waals surface area contributed by atoms with Crippen LogP contribution in [0, 0.1) is 0 Å². The van der Waals surface area contributed by atoms with Gasteiger partial charge in [-0.3, -0.25) is 14.4 Å².